The van der Waals surface area contributed by atoms with E-state index >= 15 is 0 Å². The van der Waals surface area contributed by atoms with Crippen LogP contribution in [0.4, 0.5) is 0 Å². The van der Waals surface area contributed by atoms with E-state index in [2.05, 4.69) is 59.4 Å². The number of halogens is 2. The van der Waals surface area contributed by atoms with Crippen LogP contribution in [0.3, 0.4) is 0 Å². The van der Waals surface area contributed by atoms with Gasteiger partial charge in [-0.25, -0.2) is 0 Å². The van der Waals surface area contributed by atoms with Crippen molar-refractivity contribution >= 4 is 27.5 Å². The molecule has 1 N–H and O–H groups in total. The predicted octanol–water partition coefficient (Wildman–Crippen LogP) is 5.92. The van der Waals surface area contributed by atoms with Crippen molar-refractivity contribution < 1.29 is 0 Å². The highest BCUT2D eigenvalue weighted by molar-refractivity contribution is 9.10. The number of rotatable bonds is 5. The Hall–Kier alpha value is -0.830. The first-order valence-corrected chi connectivity index (χ1v) is 8.46. The first kappa shape index (κ1) is 16.5. The standard InChI is InChI=1S/C18H21BrClN/c1-4-12(2)13-5-7-14(8-6-13)18(21-3)16-11-15(20)9-10-17(16)19/h5-12,18,21H,4H2,1-3H3. The predicted molar refractivity (Wildman–Crippen MR) is 95.2 cm³/mol. The van der Waals surface area contributed by atoms with E-state index in [4.69, 9.17) is 11.6 Å². The Kier molecular flexibility index (Phi) is 5.86. The van der Waals surface area contributed by atoms with Crippen molar-refractivity contribution in [3.8, 4) is 0 Å². The minimum absolute atomic E-state index is 0.129. The molecule has 0 fully saturated rings. The molecule has 0 heterocycles. The quantitative estimate of drug-likeness (QED) is 0.692. The summed E-state index contributed by atoms with van der Waals surface area (Å²) in [6, 6.07) is 14.9. The molecule has 0 spiro atoms. The van der Waals surface area contributed by atoms with Gasteiger partial charge < -0.3 is 5.32 Å². The maximum Gasteiger partial charge on any atom is 0.0585 e. The Bertz CT molecular complexity index is 595. The van der Waals surface area contributed by atoms with Crippen LogP contribution in [0, 0.1) is 0 Å². The molecule has 0 radical (unpaired) electrons. The summed E-state index contributed by atoms with van der Waals surface area (Å²) in [5, 5.41) is 4.13. The highest BCUT2D eigenvalue weighted by atomic mass is 79.9. The van der Waals surface area contributed by atoms with Crippen molar-refractivity contribution in [1.29, 1.82) is 0 Å². The molecule has 2 aromatic rings. The lowest BCUT2D eigenvalue weighted by Gasteiger charge is -2.20. The van der Waals surface area contributed by atoms with Gasteiger partial charge in [0.2, 0.25) is 0 Å². The molecule has 1 nitrogen and oxygen atoms in total. The molecule has 0 bridgehead atoms. The zero-order valence-corrected chi connectivity index (χ0v) is 15.0. The average molecular weight is 367 g/mol. The van der Waals surface area contributed by atoms with Crippen LogP contribution in [0.25, 0.3) is 0 Å². The molecule has 0 aliphatic rings. The molecule has 0 aliphatic carbocycles. The van der Waals surface area contributed by atoms with Gasteiger partial charge in [-0.3, -0.25) is 0 Å². The summed E-state index contributed by atoms with van der Waals surface area (Å²) in [4.78, 5) is 0. The van der Waals surface area contributed by atoms with Gasteiger partial charge in [-0.2, -0.15) is 0 Å². The molecular formula is C18H21BrClN. The number of hydrogen-bond acceptors (Lipinski definition) is 1. The smallest absolute Gasteiger partial charge is 0.0585 e. The van der Waals surface area contributed by atoms with Crippen LogP contribution in [-0.2, 0) is 0 Å². The topological polar surface area (TPSA) is 12.0 Å². The van der Waals surface area contributed by atoms with E-state index in [1.165, 1.54) is 11.1 Å². The molecule has 112 valence electrons. The largest absolute Gasteiger partial charge is 0.309 e. The molecule has 3 heteroatoms. The second-order valence-corrected chi connectivity index (χ2v) is 6.65. The third kappa shape index (κ3) is 3.88. The number of nitrogens with one attached hydrogen (secondary N) is 1. The van der Waals surface area contributed by atoms with Crippen molar-refractivity contribution in [2.75, 3.05) is 7.05 Å². The molecule has 0 aromatic heterocycles. The summed E-state index contributed by atoms with van der Waals surface area (Å²) >= 11 is 9.76. The molecule has 0 saturated heterocycles. The highest BCUT2D eigenvalue weighted by Gasteiger charge is 2.15. The van der Waals surface area contributed by atoms with Crippen molar-refractivity contribution in [1.82, 2.24) is 5.32 Å². The number of benzene rings is 2. The lowest BCUT2D eigenvalue weighted by molar-refractivity contribution is 0.686. The van der Waals surface area contributed by atoms with E-state index in [1.807, 2.05) is 25.2 Å². The SMILES string of the molecule is CCC(C)c1ccc(C(NC)c2cc(Cl)ccc2Br)cc1. The minimum atomic E-state index is 0.129. The van der Waals surface area contributed by atoms with Gasteiger partial charge in [0.15, 0.2) is 0 Å². The Morgan fingerprint density at radius 1 is 1.10 bits per heavy atom. The van der Waals surface area contributed by atoms with Crippen molar-refractivity contribution in [3.05, 3.63) is 68.7 Å². The molecule has 2 rings (SSSR count). The fourth-order valence-electron chi connectivity index (χ4n) is 2.49. The van der Waals surface area contributed by atoms with Gasteiger partial charge in [0, 0.05) is 9.50 Å². The van der Waals surface area contributed by atoms with Crippen LogP contribution in [0.1, 0.15) is 48.9 Å². The van der Waals surface area contributed by atoms with Gasteiger partial charge in [-0.15, -0.1) is 0 Å². The first-order valence-electron chi connectivity index (χ1n) is 7.28. The highest BCUT2D eigenvalue weighted by Crippen LogP contribution is 2.31. The van der Waals surface area contributed by atoms with E-state index in [0.29, 0.717) is 5.92 Å². The lowest BCUT2D eigenvalue weighted by atomic mass is 9.94. The summed E-state index contributed by atoms with van der Waals surface area (Å²) in [5.74, 6) is 0.602. The Morgan fingerprint density at radius 2 is 1.71 bits per heavy atom. The van der Waals surface area contributed by atoms with Gasteiger partial charge in [-0.05, 0) is 54.3 Å². The fourth-order valence-corrected chi connectivity index (χ4v) is 3.15. The van der Waals surface area contributed by atoms with Crippen LogP contribution in [0.15, 0.2) is 46.9 Å². The van der Waals surface area contributed by atoms with Gasteiger partial charge in [0.05, 0.1) is 6.04 Å². The molecule has 0 saturated carbocycles. The van der Waals surface area contributed by atoms with Crippen LogP contribution >= 0.6 is 27.5 Å². The van der Waals surface area contributed by atoms with E-state index in [-0.39, 0.29) is 6.04 Å². The fraction of sp³-hybridized carbons (Fsp3) is 0.333. The van der Waals surface area contributed by atoms with Crippen LogP contribution in [0.2, 0.25) is 5.02 Å². The van der Waals surface area contributed by atoms with Gasteiger partial charge in [-0.1, -0.05) is 65.6 Å². The van der Waals surface area contributed by atoms with E-state index in [0.717, 1.165) is 21.5 Å². The van der Waals surface area contributed by atoms with Crippen LogP contribution < -0.4 is 5.32 Å². The maximum absolute atomic E-state index is 6.14. The number of hydrogen-bond donors (Lipinski definition) is 1. The summed E-state index contributed by atoms with van der Waals surface area (Å²) in [5.41, 5.74) is 3.79. The molecule has 0 aliphatic heterocycles. The summed E-state index contributed by atoms with van der Waals surface area (Å²) in [6.45, 7) is 4.48. The molecule has 0 amide bonds. The molecule has 21 heavy (non-hydrogen) atoms. The Morgan fingerprint density at radius 3 is 2.29 bits per heavy atom. The zero-order chi connectivity index (χ0) is 15.4. The normalized spacial score (nSPS) is 14.0. The van der Waals surface area contributed by atoms with Crippen molar-refractivity contribution in [3.63, 3.8) is 0 Å². The first-order chi connectivity index (χ1) is 10.1. The summed E-state index contributed by atoms with van der Waals surface area (Å²) < 4.78 is 1.07. The Balaban J connectivity index is 2.35. The average Bonchev–Trinajstić information content (AvgIpc) is 2.51. The molecular weight excluding hydrogens is 346 g/mol. The second kappa shape index (κ2) is 7.44. The van der Waals surface area contributed by atoms with Crippen molar-refractivity contribution in [2.45, 2.75) is 32.2 Å². The van der Waals surface area contributed by atoms with Gasteiger partial charge >= 0.3 is 0 Å². The van der Waals surface area contributed by atoms with E-state index in [9.17, 15) is 0 Å². The Labute approximate surface area is 140 Å². The summed E-state index contributed by atoms with van der Waals surface area (Å²) in [7, 11) is 1.97. The van der Waals surface area contributed by atoms with Crippen LogP contribution in [-0.4, -0.2) is 7.05 Å². The van der Waals surface area contributed by atoms with Crippen LogP contribution in [0.5, 0.6) is 0 Å². The lowest BCUT2D eigenvalue weighted by Crippen LogP contribution is -2.18. The summed E-state index contributed by atoms with van der Waals surface area (Å²) in [6.07, 6.45) is 1.16. The monoisotopic (exact) mass is 365 g/mol. The van der Waals surface area contributed by atoms with Gasteiger partial charge in [0.25, 0.3) is 0 Å². The third-order valence-corrected chi connectivity index (χ3v) is 4.97. The van der Waals surface area contributed by atoms with Crippen molar-refractivity contribution in [2.24, 2.45) is 0 Å². The zero-order valence-electron chi connectivity index (χ0n) is 12.7. The minimum Gasteiger partial charge on any atom is -0.309 e. The second-order valence-electron chi connectivity index (χ2n) is 5.36. The molecule has 2 aromatic carbocycles. The molecule has 2 atom stereocenters. The maximum atomic E-state index is 6.14. The molecule has 2 unspecified atom stereocenters. The van der Waals surface area contributed by atoms with E-state index < -0.39 is 0 Å². The van der Waals surface area contributed by atoms with Gasteiger partial charge in [0.1, 0.15) is 0 Å². The van der Waals surface area contributed by atoms with E-state index in [1.54, 1.807) is 0 Å². The third-order valence-electron chi connectivity index (χ3n) is 4.01.